The molecule has 0 spiro atoms. The van der Waals surface area contributed by atoms with Crippen molar-refractivity contribution in [1.82, 2.24) is 4.98 Å². The maximum absolute atomic E-state index is 11.8. The van der Waals surface area contributed by atoms with Crippen LogP contribution in [0.5, 0.6) is 11.5 Å². The van der Waals surface area contributed by atoms with Crippen molar-refractivity contribution in [2.45, 2.75) is 0 Å². The van der Waals surface area contributed by atoms with Crippen LogP contribution in [0.4, 0.5) is 5.82 Å². The van der Waals surface area contributed by atoms with Gasteiger partial charge in [-0.1, -0.05) is 0 Å². The summed E-state index contributed by atoms with van der Waals surface area (Å²) < 4.78 is 15.4. The van der Waals surface area contributed by atoms with Gasteiger partial charge in [-0.05, 0) is 12.1 Å². The van der Waals surface area contributed by atoms with Gasteiger partial charge in [0.25, 0.3) is 0 Å². The third-order valence-corrected chi connectivity index (χ3v) is 2.96. The van der Waals surface area contributed by atoms with Crippen molar-refractivity contribution in [3.63, 3.8) is 0 Å². The maximum atomic E-state index is 11.8. The highest BCUT2D eigenvalue weighted by Gasteiger charge is 2.19. The Hall–Kier alpha value is -2.50. The number of fused-ring (bicyclic) bond motifs is 2. The van der Waals surface area contributed by atoms with Crippen LogP contribution in [0, 0.1) is 0 Å². The number of pyridine rings is 1. The van der Waals surface area contributed by atoms with Crippen LogP contribution in [0.1, 0.15) is 10.4 Å². The van der Waals surface area contributed by atoms with Crippen molar-refractivity contribution in [2.24, 2.45) is 0 Å². The van der Waals surface area contributed by atoms with Crippen LogP contribution in [0.25, 0.3) is 10.9 Å². The summed E-state index contributed by atoms with van der Waals surface area (Å²) in [5, 5.41) is 3.59. The standard InChI is InChI=1S/C13H12N2O4/c1-14-12-4-8(13(16)17-2)7-3-10-11(19-6-18-10)5-9(7)15-12/h3-5H,6H2,1-2H3,(H,14,15). The molecule has 1 N–H and O–H groups in total. The molecule has 0 radical (unpaired) electrons. The Morgan fingerprint density at radius 3 is 2.74 bits per heavy atom. The van der Waals surface area contributed by atoms with Crippen LogP contribution >= 0.6 is 0 Å². The molecule has 0 saturated carbocycles. The second-order valence-corrected chi connectivity index (χ2v) is 4.02. The van der Waals surface area contributed by atoms with E-state index >= 15 is 0 Å². The third kappa shape index (κ3) is 1.81. The number of nitrogens with zero attached hydrogens (tertiary/aromatic N) is 1. The van der Waals surface area contributed by atoms with Gasteiger partial charge < -0.3 is 19.5 Å². The van der Waals surface area contributed by atoms with Crippen molar-refractivity contribution < 1.29 is 19.0 Å². The van der Waals surface area contributed by atoms with Crippen molar-refractivity contribution >= 4 is 22.7 Å². The van der Waals surface area contributed by atoms with Gasteiger partial charge in [-0.2, -0.15) is 0 Å². The first-order valence-corrected chi connectivity index (χ1v) is 5.73. The summed E-state index contributed by atoms with van der Waals surface area (Å²) in [7, 11) is 3.09. The quantitative estimate of drug-likeness (QED) is 0.830. The zero-order valence-corrected chi connectivity index (χ0v) is 10.5. The number of methoxy groups -OCH3 is 1. The Morgan fingerprint density at radius 1 is 1.32 bits per heavy atom. The van der Waals surface area contributed by atoms with Crippen molar-refractivity contribution in [3.8, 4) is 11.5 Å². The SMILES string of the molecule is CNc1cc(C(=O)OC)c2cc3c(cc2n1)OCO3. The molecule has 3 rings (SSSR count). The Balaban J connectivity index is 2.30. The van der Waals surface area contributed by atoms with Gasteiger partial charge in [0, 0.05) is 18.5 Å². The Labute approximate surface area is 109 Å². The number of rotatable bonds is 2. The monoisotopic (exact) mass is 260 g/mol. The molecule has 6 nitrogen and oxygen atoms in total. The van der Waals surface area contributed by atoms with E-state index in [1.807, 2.05) is 0 Å². The fourth-order valence-corrected chi connectivity index (χ4v) is 2.02. The largest absolute Gasteiger partial charge is 0.465 e. The second-order valence-electron chi connectivity index (χ2n) is 4.02. The smallest absolute Gasteiger partial charge is 0.338 e. The number of aromatic nitrogens is 1. The molecule has 98 valence electrons. The number of carbonyl (C=O) groups excluding carboxylic acids is 1. The van der Waals surface area contributed by atoms with E-state index in [1.165, 1.54) is 7.11 Å². The normalized spacial score (nSPS) is 12.5. The van der Waals surface area contributed by atoms with Gasteiger partial charge in [0.2, 0.25) is 6.79 Å². The summed E-state index contributed by atoms with van der Waals surface area (Å²) in [6, 6.07) is 5.15. The van der Waals surface area contributed by atoms with Crippen LogP contribution in [0.3, 0.4) is 0 Å². The van der Waals surface area contributed by atoms with E-state index in [0.717, 1.165) is 0 Å². The number of hydrogen-bond donors (Lipinski definition) is 1. The minimum atomic E-state index is -0.414. The van der Waals surface area contributed by atoms with Gasteiger partial charge in [-0.3, -0.25) is 0 Å². The van der Waals surface area contributed by atoms with E-state index < -0.39 is 5.97 Å². The maximum Gasteiger partial charge on any atom is 0.338 e. The van der Waals surface area contributed by atoms with Crippen LogP contribution < -0.4 is 14.8 Å². The molecule has 1 aliphatic heterocycles. The van der Waals surface area contributed by atoms with E-state index in [9.17, 15) is 4.79 Å². The van der Waals surface area contributed by atoms with Gasteiger partial charge in [0.15, 0.2) is 11.5 Å². The molecule has 6 heteroatoms. The Kier molecular flexibility index (Phi) is 2.63. The molecule has 0 fully saturated rings. The van der Waals surface area contributed by atoms with E-state index in [2.05, 4.69) is 10.3 Å². The molecular weight excluding hydrogens is 248 g/mol. The third-order valence-electron chi connectivity index (χ3n) is 2.96. The zero-order chi connectivity index (χ0) is 13.4. The fourth-order valence-electron chi connectivity index (χ4n) is 2.02. The van der Waals surface area contributed by atoms with Crippen LogP contribution in [-0.4, -0.2) is 31.9 Å². The zero-order valence-electron chi connectivity index (χ0n) is 10.5. The molecule has 1 aliphatic rings. The summed E-state index contributed by atoms with van der Waals surface area (Å²) in [6.07, 6.45) is 0. The van der Waals surface area contributed by atoms with Gasteiger partial charge in [-0.15, -0.1) is 0 Å². The minimum absolute atomic E-state index is 0.179. The molecule has 0 atom stereocenters. The predicted molar refractivity (Wildman–Crippen MR) is 68.8 cm³/mol. The van der Waals surface area contributed by atoms with Crippen molar-refractivity contribution in [2.75, 3.05) is 26.3 Å². The predicted octanol–water partition coefficient (Wildman–Crippen LogP) is 1.79. The lowest BCUT2D eigenvalue weighted by atomic mass is 10.1. The molecule has 2 heterocycles. The number of ether oxygens (including phenoxy) is 3. The molecule has 0 bridgehead atoms. The topological polar surface area (TPSA) is 69.7 Å². The summed E-state index contributed by atoms with van der Waals surface area (Å²) >= 11 is 0. The first-order valence-electron chi connectivity index (χ1n) is 5.73. The molecule has 1 aromatic carbocycles. The summed E-state index contributed by atoms with van der Waals surface area (Å²) in [4.78, 5) is 16.2. The second kappa shape index (κ2) is 4.31. The highest BCUT2D eigenvalue weighted by Crippen LogP contribution is 2.37. The molecule has 19 heavy (non-hydrogen) atoms. The number of hydrogen-bond acceptors (Lipinski definition) is 6. The minimum Gasteiger partial charge on any atom is -0.465 e. The van der Waals surface area contributed by atoms with Crippen molar-refractivity contribution in [1.29, 1.82) is 0 Å². The van der Waals surface area contributed by atoms with Gasteiger partial charge in [0.05, 0.1) is 18.2 Å². The molecule has 2 aromatic rings. The van der Waals surface area contributed by atoms with Crippen molar-refractivity contribution in [3.05, 3.63) is 23.8 Å². The highest BCUT2D eigenvalue weighted by atomic mass is 16.7. The number of carbonyl (C=O) groups is 1. The van der Waals surface area contributed by atoms with Gasteiger partial charge >= 0.3 is 5.97 Å². The van der Waals surface area contributed by atoms with E-state index in [-0.39, 0.29) is 6.79 Å². The van der Waals surface area contributed by atoms with E-state index in [1.54, 1.807) is 25.2 Å². The first-order chi connectivity index (χ1) is 9.22. The number of anilines is 1. The van der Waals surface area contributed by atoms with E-state index in [0.29, 0.717) is 33.8 Å². The van der Waals surface area contributed by atoms with E-state index in [4.69, 9.17) is 14.2 Å². The lowest BCUT2D eigenvalue weighted by Gasteiger charge is -2.08. The molecule has 0 aliphatic carbocycles. The fraction of sp³-hybridized carbons (Fsp3) is 0.231. The first kappa shape index (κ1) is 11.6. The molecular formula is C13H12N2O4. The van der Waals surface area contributed by atoms with Crippen LogP contribution in [0.2, 0.25) is 0 Å². The average molecular weight is 260 g/mol. The van der Waals surface area contributed by atoms with Crippen LogP contribution in [0.15, 0.2) is 18.2 Å². The molecule has 1 aromatic heterocycles. The summed E-state index contributed by atoms with van der Waals surface area (Å²) in [5.74, 6) is 1.41. The Morgan fingerprint density at radius 2 is 2.05 bits per heavy atom. The Bertz CT molecular complexity index is 669. The van der Waals surface area contributed by atoms with Gasteiger partial charge in [0.1, 0.15) is 5.82 Å². The molecule has 0 unspecified atom stereocenters. The number of benzene rings is 1. The lowest BCUT2D eigenvalue weighted by Crippen LogP contribution is -2.05. The molecule has 0 saturated heterocycles. The lowest BCUT2D eigenvalue weighted by molar-refractivity contribution is 0.0603. The number of esters is 1. The van der Waals surface area contributed by atoms with Crippen LogP contribution in [-0.2, 0) is 4.74 Å². The summed E-state index contributed by atoms with van der Waals surface area (Å²) in [6.45, 7) is 0.179. The molecule has 0 amide bonds. The van der Waals surface area contributed by atoms with Gasteiger partial charge in [-0.25, -0.2) is 9.78 Å². The average Bonchev–Trinajstić information content (AvgIpc) is 2.89. The number of nitrogens with one attached hydrogen (secondary N) is 1. The summed E-state index contributed by atoms with van der Waals surface area (Å²) in [5.41, 5.74) is 1.09. The highest BCUT2D eigenvalue weighted by molar-refractivity contribution is 6.05.